The minimum atomic E-state index is -0.683. The predicted octanol–water partition coefficient (Wildman–Crippen LogP) is 1.42. The summed E-state index contributed by atoms with van der Waals surface area (Å²) in [6.07, 6.45) is 0. The van der Waals surface area contributed by atoms with Crippen molar-refractivity contribution in [1.82, 2.24) is 4.90 Å². The van der Waals surface area contributed by atoms with Crippen molar-refractivity contribution in [3.8, 4) is 0 Å². The van der Waals surface area contributed by atoms with E-state index in [2.05, 4.69) is 4.74 Å². The molecule has 1 saturated heterocycles. The van der Waals surface area contributed by atoms with E-state index in [1.54, 1.807) is 12.1 Å². The zero-order valence-electron chi connectivity index (χ0n) is 9.72. The fourth-order valence-electron chi connectivity index (χ4n) is 1.75. The summed E-state index contributed by atoms with van der Waals surface area (Å²) < 4.78 is 10.4. The van der Waals surface area contributed by atoms with Gasteiger partial charge in [0.15, 0.2) is 6.04 Å². The number of morpholine rings is 1. The van der Waals surface area contributed by atoms with E-state index < -0.39 is 12.0 Å². The zero-order chi connectivity index (χ0) is 13.1. The van der Waals surface area contributed by atoms with Gasteiger partial charge in [0, 0.05) is 6.54 Å². The fourth-order valence-corrected chi connectivity index (χ4v) is 2.75. The highest BCUT2D eigenvalue weighted by Gasteiger charge is 2.34. The van der Waals surface area contributed by atoms with Gasteiger partial charge in [0.25, 0.3) is 5.91 Å². The first kappa shape index (κ1) is 13.3. The lowest BCUT2D eigenvalue weighted by molar-refractivity contribution is -0.151. The number of halogens is 1. The van der Waals surface area contributed by atoms with E-state index in [0.29, 0.717) is 22.4 Å². The Morgan fingerprint density at radius 1 is 1.56 bits per heavy atom. The number of nitrogens with zero attached hydrogens (tertiary/aromatic N) is 1. The van der Waals surface area contributed by atoms with E-state index in [0.717, 1.165) is 0 Å². The lowest BCUT2D eigenvalue weighted by Crippen LogP contribution is -2.52. The molecule has 1 aromatic heterocycles. The molecule has 0 aromatic carbocycles. The maximum atomic E-state index is 12.3. The molecule has 1 aromatic rings. The number of methoxy groups -OCH3 is 1. The van der Waals surface area contributed by atoms with Crippen LogP contribution in [0.5, 0.6) is 0 Å². The summed E-state index contributed by atoms with van der Waals surface area (Å²) >= 11 is 6.99. The van der Waals surface area contributed by atoms with Crippen molar-refractivity contribution in [1.29, 1.82) is 0 Å². The van der Waals surface area contributed by atoms with Gasteiger partial charge in [-0.05, 0) is 12.1 Å². The first-order valence-corrected chi connectivity index (χ1v) is 6.55. The first-order chi connectivity index (χ1) is 8.63. The molecule has 1 fully saturated rings. The van der Waals surface area contributed by atoms with Crippen LogP contribution in [0.2, 0.25) is 4.34 Å². The highest BCUT2D eigenvalue weighted by molar-refractivity contribution is 7.17. The third-order valence-corrected chi connectivity index (χ3v) is 3.87. The van der Waals surface area contributed by atoms with Crippen molar-refractivity contribution < 1.29 is 19.1 Å². The van der Waals surface area contributed by atoms with E-state index in [9.17, 15) is 9.59 Å². The highest BCUT2D eigenvalue weighted by Crippen LogP contribution is 2.24. The summed E-state index contributed by atoms with van der Waals surface area (Å²) in [4.78, 5) is 25.8. The van der Waals surface area contributed by atoms with E-state index in [-0.39, 0.29) is 12.5 Å². The van der Waals surface area contributed by atoms with Crippen LogP contribution in [0.15, 0.2) is 12.1 Å². The van der Waals surface area contributed by atoms with Crippen LogP contribution in [-0.2, 0) is 14.3 Å². The Kier molecular flexibility index (Phi) is 4.21. The van der Waals surface area contributed by atoms with Crippen molar-refractivity contribution in [2.75, 3.05) is 26.9 Å². The van der Waals surface area contributed by atoms with Crippen molar-refractivity contribution in [3.63, 3.8) is 0 Å². The molecule has 2 heterocycles. The van der Waals surface area contributed by atoms with Crippen LogP contribution in [0, 0.1) is 0 Å². The van der Waals surface area contributed by atoms with E-state index in [1.807, 2.05) is 0 Å². The molecule has 98 valence electrons. The normalized spacial score (nSPS) is 19.7. The summed E-state index contributed by atoms with van der Waals surface area (Å²) in [5, 5.41) is 0. The van der Waals surface area contributed by atoms with E-state index >= 15 is 0 Å². The van der Waals surface area contributed by atoms with Crippen LogP contribution in [0.1, 0.15) is 9.67 Å². The van der Waals surface area contributed by atoms with Gasteiger partial charge in [0.1, 0.15) is 0 Å². The monoisotopic (exact) mass is 289 g/mol. The SMILES string of the molecule is COC(=O)C1COCCN1C(=O)c1ccc(Cl)s1. The number of ether oxygens (including phenoxy) is 2. The molecule has 0 saturated carbocycles. The van der Waals surface area contributed by atoms with Crippen LogP contribution in [0.3, 0.4) is 0 Å². The third-order valence-electron chi connectivity index (χ3n) is 2.65. The highest BCUT2D eigenvalue weighted by atomic mass is 35.5. The Morgan fingerprint density at radius 2 is 2.33 bits per heavy atom. The minimum Gasteiger partial charge on any atom is -0.467 e. The fraction of sp³-hybridized carbons (Fsp3) is 0.455. The molecule has 1 aliphatic heterocycles. The zero-order valence-corrected chi connectivity index (χ0v) is 11.3. The molecule has 18 heavy (non-hydrogen) atoms. The Balaban J connectivity index is 2.18. The van der Waals surface area contributed by atoms with Gasteiger partial charge in [-0.2, -0.15) is 0 Å². The number of rotatable bonds is 2. The molecular weight excluding hydrogens is 278 g/mol. The van der Waals surface area contributed by atoms with Crippen LogP contribution >= 0.6 is 22.9 Å². The number of carbonyl (C=O) groups excluding carboxylic acids is 2. The molecule has 0 aliphatic carbocycles. The standard InChI is InChI=1S/C11H12ClNO4S/c1-16-11(15)7-6-17-5-4-13(7)10(14)8-2-3-9(12)18-8/h2-3,7H,4-6H2,1H3. The van der Waals surface area contributed by atoms with Crippen LogP contribution in [0.25, 0.3) is 0 Å². The molecule has 0 N–H and O–H groups in total. The van der Waals surface area contributed by atoms with Crippen molar-refractivity contribution in [3.05, 3.63) is 21.3 Å². The molecule has 1 amide bonds. The maximum Gasteiger partial charge on any atom is 0.331 e. The molecular formula is C11H12ClNO4S. The largest absolute Gasteiger partial charge is 0.467 e. The topological polar surface area (TPSA) is 55.8 Å². The number of esters is 1. The van der Waals surface area contributed by atoms with Gasteiger partial charge >= 0.3 is 5.97 Å². The lowest BCUT2D eigenvalue weighted by atomic mass is 10.2. The Labute approximate surface area is 113 Å². The van der Waals surface area contributed by atoms with Gasteiger partial charge in [-0.1, -0.05) is 11.6 Å². The molecule has 7 heteroatoms. The average Bonchev–Trinajstić information content (AvgIpc) is 2.83. The van der Waals surface area contributed by atoms with Crippen LogP contribution in [0.4, 0.5) is 0 Å². The minimum absolute atomic E-state index is 0.164. The number of hydrogen-bond donors (Lipinski definition) is 0. The van der Waals surface area contributed by atoms with Crippen molar-refractivity contribution in [2.45, 2.75) is 6.04 Å². The van der Waals surface area contributed by atoms with Crippen molar-refractivity contribution in [2.24, 2.45) is 0 Å². The Morgan fingerprint density at radius 3 is 2.94 bits per heavy atom. The second-order valence-corrected chi connectivity index (χ2v) is 5.43. The van der Waals surface area contributed by atoms with Gasteiger partial charge in [0.2, 0.25) is 0 Å². The quantitative estimate of drug-likeness (QED) is 0.773. The second-order valence-electron chi connectivity index (χ2n) is 3.72. The Bertz CT molecular complexity index is 462. The number of thiophene rings is 1. The molecule has 5 nitrogen and oxygen atoms in total. The summed E-state index contributed by atoms with van der Waals surface area (Å²) in [5.74, 6) is -0.684. The molecule has 1 aliphatic rings. The second kappa shape index (κ2) is 5.69. The number of amides is 1. The molecule has 0 bridgehead atoms. The summed E-state index contributed by atoms with van der Waals surface area (Å²) in [6, 6.07) is 2.63. The third kappa shape index (κ3) is 2.66. The smallest absolute Gasteiger partial charge is 0.331 e. The van der Waals surface area contributed by atoms with E-state index in [4.69, 9.17) is 16.3 Å². The van der Waals surface area contributed by atoms with Gasteiger partial charge in [0.05, 0.1) is 29.5 Å². The van der Waals surface area contributed by atoms with Gasteiger partial charge in [-0.25, -0.2) is 4.79 Å². The summed E-state index contributed by atoms with van der Waals surface area (Å²) in [7, 11) is 1.29. The van der Waals surface area contributed by atoms with Gasteiger partial charge in [-0.15, -0.1) is 11.3 Å². The Hall–Kier alpha value is -1.11. The van der Waals surface area contributed by atoms with Crippen LogP contribution < -0.4 is 0 Å². The summed E-state index contributed by atoms with van der Waals surface area (Å²) in [5.41, 5.74) is 0. The number of carbonyl (C=O) groups is 2. The average molecular weight is 290 g/mol. The van der Waals surface area contributed by atoms with Gasteiger partial charge < -0.3 is 14.4 Å². The van der Waals surface area contributed by atoms with Gasteiger partial charge in [-0.3, -0.25) is 4.79 Å². The first-order valence-electron chi connectivity index (χ1n) is 5.35. The number of hydrogen-bond acceptors (Lipinski definition) is 5. The maximum absolute atomic E-state index is 12.3. The predicted molar refractivity (Wildman–Crippen MR) is 67.0 cm³/mol. The van der Waals surface area contributed by atoms with Crippen LogP contribution in [-0.4, -0.2) is 49.7 Å². The molecule has 0 radical (unpaired) electrons. The molecule has 2 rings (SSSR count). The molecule has 1 unspecified atom stereocenters. The van der Waals surface area contributed by atoms with Crippen molar-refractivity contribution >= 4 is 34.8 Å². The van der Waals surface area contributed by atoms with E-state index in [1.165, 1.54) is 23.3 Å². The summed E-state index contributed by atoms with van der Waals surface area (Å²) in [6.45, 7) is 0.948. The lowest BCUT2D eigenvalue weighted by Gasteiger charge is -2.33. The molecule has 0 spiro atoms. The molecule has 1 atom stereocenters.